The standard InChI is InChI=1S/C68H112O6/c1-4-7-10-13-16-19-22-25-27-28-29-30-31-32-33-34-35-36-37-38-39-40-41-44-46-49-52-55-58-61-67(70)73-64-65(63-72-66(69)60-57-54-51-48-45-42-24-21-18-15-12-9-6-3)74-68(71)62-59-56-53-50-47-43-26-23-20-17-14-11-8-5-2/h7,9-10,12,16,18-19,21,23,25-27,29-30,32-33,42,45,51,54,65H,4-6,8,11,13-15,17,20,22,24,28,31,34-41,43-44,46-50,52-53,55-64H2,1-3H3/b10-7-,12-9-,19-16-,21-18-,26-23-,27-25-,30-29-,33-32-,45-42-,54-51-. The summed E-state index contributed by atoms with van der Waals surface area (Å²) in [4.78, 5) is 38.1. The second-order valence-corrected chi connectivity index (χ2v) is 19.8. The first kappa shape index (κ1) is 69.8. The van der Waals surface area contributed by atoms with Gasteiger partial charge in [0, 0.05) is 19.3 Å². The van der Waals surface area contributed by atoms with E-state index in [1.165, 1.54) is 116 Å². The second-order valence-electron chi connectivity index (χ2n) is 19.8. The molecule has 74 heavy (non-hydrogen) atoms. The van der Waals surface area contributed by atoms with Crippen LogP contribution in [-0.4, -0.2) is 37.2 Å². The van der Waals surface area contributed by atoms with Gasteiger partial charge >= 0.3 is 17.9 Å². The third kappa shape index (κ3) is 58.7. The normalized spacial score (nSPS) is 13.0. The molecule has 0 saturated carbocycles. The third-order valence-electron chi connectivity index (χ3n) is 12.7. The lowest BCUT2D eigenvalue weighted by atomic mass is 10.0. The van der Waals surface area contributed by atoms with Gasteiger partial charge in [0.15, 0.2) is 6.10 Å². The van der Waals surface area contributed by atoms with Crippen LogP contribution in [0.4, 0.5) is 0 Å². The monoisotopic (exact) mass is 1020 g/mol. The van der Waals surface area contributed by atoms with Gasteiger partial charge in [-0.05, 0) is 116 Å². The van der Waals surface area contributed by atoms with Gasteiger partial charge in [0.2, 0.25) is 0 Å². The van der Waals surface area contributed by atoms with Crippen molar-refractivity contribution < 1.29 is 28.6 Å². The van der Waals surface area contributed by atoms with Gasteiger partial charge in [-0.2, -0.15) is 0 Å². The molecule has 0 aromatic rings. The lowest BCUT2D eigenvalue weighted by Gasteiger charge is -2.18. The van der Waals surface area contributed by atoms with Crippen molar-refractivity contribution in [2.45, 2.75) is 277 Å². The highest BCUT2D eigenvalue weighted by atomic mass is 16.6. The van der Waals surface area contributed by atoms with Crippen LogP contribution < -0.4 is 0 Å². The Hall–Kier alpha value is -4.19. The van der Waals surface area contributed by atoms with Gasteiger partial charge in [0.25, 0.3) is 0 Å². The number of ether oxygens (including phenoxy) is 3. The summed E-state index contributed by atoms with van der Waals surface area (Å²) in [6.45, 7) is 6.33. The molecule has 0 heterocycles. The van der Waals surface area contributed by atoms with E-state index in [0.717, 1.165) is 109 Å². The minimum absolute atomic E-state index is 0.105. The van der Waals surface area contributed by atoms with Crippen LogP contribution >= 0.6 is 0 Å². The lowest BCUT2D eigenvalue weighted by Crippen LogP contribution is -2.30. The second kappa shape index (κ2) is 61.4. The van der Waals surface area contributed by atoms with E-state index in [4.69, 9.17) is 14.2 Å². The number of carbonyl (C=O) groups excluding carboxylic acids is 3. The molecule has 0 aliphatic carbocycles. The summed E-state index contributed by atoms with van der Waals surface area (Å²) in [6.07, 6.45) is 85.1. The minimum Gasteiger partial charge on any atom is -0.462 e. The van der Waals surface area contributed by atoms with Crippen LogP contribution in [0.1, 0.15) is 271 Å². The molecule has 1 unspecified atom stereocenters. The molecule has 0 rings (SSSR count). The maximum atomic E-state index is 12.8. The number of hydrogen-bond donors (Lipinski definition) is 0. The molecular formula is C68H112O6. The Morgan fingerprint density at radius 3 is 0.919 bits per heavy atom. The maximum Gasteiger partial charge on any atom is 0.306 e. The third-order valence-corrected chi connectivity index (χ3v) is 12.7. The molecule has 0 aliphatic rings. The van der Waals surface area contributed by atoms with Gasteiger partial charge in [0.05, 0.1) is 0 Å². The van der Waals surface area contributed by atoms with Crippen LogP contribution in [0.15, 0.2) is 122 Å². The summed E-state index contributed by atoms with van der Waals surface area (Å²) in [5, 5.41) is 0. The molecule has 0 spiro atoms. The van der Waals surface area contributed by atoms with Crippen LogP contribution in [-0.2, 0) is 28.6 Å². The Balaban J connectivity index is 4.28. The van der Waals surface area contributed by atoms with Gasteiger partial charge in [-0.3, -0.25) is 14.4 Å². The zero-order chi connectivity index (χ0) is 53.6. The first-order valence-corrected chi connectivity index (χ1v) is 30.5. The van der Waals surface area contributed by atoms with E-state index in [1.54, 1.807) is 0 Å². The van der Waals surface area contributed by atoms with E-state index in [9.17, 15) is 14.4 Å². The Morgan fingerprint density at radius 2 is 0.554 bits per heavy atom. The summed E-state index contributed by atoms with van der Waals surface area (Å²) >= 11 is 0. The summed E-state index contributed by atoms with van der Waals surface area (Å²) < 4.78 is 16.8. The largest absolute Gasteiger partial charge is 0.462 e. The van der Waals surface area contributed by atoms with Crippen molar-refractivity contribution in [3.05, 3.63) is 122 Å². The zero-order valence-corrected chi connectivity index (χ0v) is 48.1. The molecule has 0 aromatic heterocycles. The molecule has 1 atom stereocenters. The van der Waals surface area contributed by atoms with E-state index >= 15 is 0 Å². The zero-order valence-electron chi connectivity index (χ0n) is 48.1. The highest BCUT2D eigenvalue weighted by molar-refractivity contribution is 5.71. The number of esters is 3. The highest BCUT2D eigenvalue weighted by Crippen LogP contribution is 2.15. The van der Waals surface area contributed by atoms with Gasteiger partial charge in [-0.25, -0.2) is 0 Å². The Morgan fingerprint density at radius 1 is 0.284 bits per heavy atom. The molecular weight excluding hydrogens is 913 g/mol. The summed E-state index contributed by atoms with van der Waals surface area (Å²) in [7, 11) is 0. The molecule has 0 amide bonds. The summed E-state index contributed by atoms with van der Waals surface area (Å²) in [5.41, 5.74) is 0. The molecule has 6 heteroatoms. The predicted octanol–water partition coefficient (Wildman–Crippen LogP) is 20.8. The smallest absolute Gasteiger partial charge is 0.306 e. The Labute approximate surface area is 456 Å². The van der Waals surface area contributed by atoms with Crippen molar-refractivity contribution in [3.63, 3.8) is 0 Å². The molecule has 0 bridgehead atoms. The first-order valence-electron chi connectivity index (χ1n) is 30.5. The Kier molecular flexibility index (Phi) is 57.9. The molecule has 0 fully saturated rings. The van der Waals surface area contributed by atoms with E-state index < -0.39 is 6.10 Å². The average molecular weight is 1030 g/mol. The fraction of sp³-hybridized carbons (Fsp3) is 0.662. The van der Waals surface area contributed by atoms with Gasteiger partial charge < -0.3 is 14.2 Å². The number of allylic oxidation sites excluding steroid dienone is 20. The van der Waals surface area contributed by atoms with Gasteiger partial charge in [0.1, 0.15) is 13.2 Å². The summed E-state index contributed by atoms with van der Waals surface area (Å²) in [6, 6.07) is 0. The van der Waals surface area contributed by atoms with Crippen molar-refractivity contribution in [1.29, 1.82) is 0 Å². The molecule has 6 nitrogen and oxygen atoms in total. The predicted molar refractivity (Wildman–Crippen MR) is 320 cm³/mol. The summed E-state index contributed by atoms with van der Waals surface area (Å²) in [5.74, 6) is -0.999. The van der Waals surface area contributed by atoms with Gasteiger partial charge in [-0.15, -0.1) is 0 Å². The van der Waals surface area contributed by atoms with E-state index in [-0.39, 0.29) is 37.5 Å². The number of rotatable bonds is 54. The van der Waals surface area contributed by atoms with Crippen molar-refractivity contribution in [3.8, 4) is 0 Å². The molecule has 0 N–H and O–H groups in total. The molecule has 0 saturated heterocycles. The molecule has 0 aliphatic heterocycles. The van der Waals surface area contributed by atoms with Crippen LogP contribution in [0.5, 0.6) is 0 Å². The van der Waals surface area contributed by atoms with Gasteiger partial charge in [-0.1, -0.05) is 258 Å². The average Bonchev–Trinajstić information content (AvgIpc) is 3.40. The van der Waals surface area contributed by atoms with Crippen molar-refractivity contribution in [2.75, 3.05) is 13.2 Å². The Bertz CT molecular complexity index is 1550. The van der Waals surface area contributed by atoms with E-state index in [0.29, 0.717) is 19.3 Å². The number of hydrogen-bond acceptors (Lipinski definition) is 6. The lowest BCUT2D eigenvalue weighted by molar-refractivity contribution is -0.166. The van der Waals surface area contributed by atoms with Crippen LogP contribution in [0, 0.1) is 0 Å². The maximum absolute atomic E-state index is 12.8. The number of carbonyl (C=O) groups is 3. The topological polar surface area (TPSA) is 78.9 Å². The highest BCUT2D eigenvalue weighted by Gasteiger charge is 2.19. The van der Waals surface area contributed by atoms with Crippen molar-refractivity contribution >= 4 is 17.9 Å². The van der Waals surface area contributed by atoms with E-state index in [1.807, 2.05) is 6.08 Å². The van der Waals surface area contributed by atoms with E-state index in [2.05, 4.69) is 136 Å². The van der Waals surface area contributed by atoms with Crippen LogP contribution in [0.25, 0.3) is 0 Å². The molecule has 420 valence electrons. The van der Waals surface area contributed by atoms with Crippen LogP contribution in [0.2, 0.25) is 0 Å². The number of unbranched alkanes of at least 4 members (excludes halogenated alkanes) is 23. The van der Waals surface area contributed by atoms with Crippen LogP contribution in [0.3, 0.4) is 0 Å². The quantitative estimate of drug-likeness (QED) is 0.0261. The first-order chi connectivity index (χ1) is 36.5. The van der Waals surface area contributed by atoms with Crippen molar-refractivity contribution in [1.82, 2.24) is 0 Å². The SMILES string of the molecule is CC/C=C\C/C=C\C/C=C\C/C=C\C/C=C\CCCCCCCCCCCCCCCC(=O)OCC(COC(=O)CC/C=C\C/C=C\C/C=C\C/C=C\CC)OC(=O)CCCCCCC/C=C\CCCCCCC. The van der Waals surface area contributed by atoms with Crippen molar-refractivity contribution in [2.24, 2.45) is 0 Å². The molecule has 0 radical (unpaired) electrons. The fourth-order valence-electron chi connectivity index (χ4n) is 8.18. The fourth-order valence-corrected chi connectivity index (χ4v) is 8.18. The minimum atomic E-state index is -0.813. The molecule has 0 aromatic carbocycles.